The average Bonchev–Trinajstić information content (AvgIpc) is 2.47. The molecule has 2 aromatic heterocycles. The van der Waals surface area contributed by atoms with Crippen molar-refractivity contribution in [2.24, 2.45) is 0 Å². The monoisotopic (exact) mass is 275 g/mol. The average molecular weight is 275 g/mol. The molecule has 0 radical (unpaired) electrons. The van der Waals surface area contributed by atoms with Gasteiger partial charge in [0.15, 0.2) is 5.82 Å². The van der Waals surface area contributed by atoms with Crippen LogP contribution >= 0.6 is 0 Å². The van der Waals surface area contributed by atoms with Gasteiger partial charge in [-0.3, -0.25) is 4.79 Å². The maximum Gasteiger partial charge on any atom is 0.251 e. The first kappa shape index (κ1) is 14.1. The van der Waals surface area contributed by atoms with Crippen molar-refractivity contribution in [1.82, 2.24) is 25.3 Å². The summed E-state index contributed by atoms with van der Waals surface area (Å²) in [4.78, 5) is 26.7. The van der Waals surface area contributed by atoms with Crippen LogP contribution in [0.3, 0.4) is 0 Å². The van der Waals surface area contributed by atoms with Crippen LogP contribution in [0.4, 0.5) is 0 Å². The van der Waals surface area contributed by atoms with E-state index in [2.05, 4.69) is 32.2 Å². The highest BCUT2D eigenvalue weighted by Gasteiger charge is 2.07. The molecule has 2 heterocycles. The molecule has 106 valence electrons. The van der Waals surface area contributed by atoms with Crippen LogP contribution in [0, 0.1) is 0 Å². The number of nitrogens with zero attached hydrogens (tertiary/aromatic N) is 3. The van der Waals surface area contributed by atoms with Crippen LogP contribution in [-0.4, -0.2) is 33.6 Å². The molecule has 7 heteroatoms. The highest BCUT2D eigenvalue weighted by atomic mass is 16.5. The number of rotatable bonds is 6. The number of ether oxygens (including phenoxy) is 1. The Kier molecular flexibility index (Phi) is 4.78. The Morgan fingerprint density at radius 3 is 2.95 bits per heavy atom. The molecule has 0 saturated carbocycles. The Hall–Kier alpha value is -2.28. The van der Waals surface area contributed by atoms with Crippen molar-refractivity contribution in [3.8, 4) is 17.4 Å². The molecule has 2 aromatic rings. The van der Waals surface area contributed by atoms with Crippen LogP contribution in [0.1, 0.15) is 19.0 Å². The van der Waals surface area contributed by atoms with E-state index in [1.165, 1.54) is 19.5 Å². The number of H-pyrrole nitrogens is 1. The first-order chi connectivity index (χ1) is 9.72. The molecule has 0 aliphatic heterocycles. The maximum atomic E-state index is 11.7. The predicted octanol–water partition coefficient (Wildman–Crippen LogP) is 0.735. The summed E-state index contributed by atoms with van der Waals surface area (Å²) >= 11 is 0. The van der Waals surface area contributed by atoms with E-state index in [0.29, 0.717) is 29.6 Å². The van der Waals surface area contributed by atoms with Gasteiger partial charge in [-0.2, -0.15) is 0 Å². The second kappa shape index (κ2) is 6.76. The molecule has 7 nitrogen and oxygen atoms in total. The largest absolute Gasteiger partial charge is 0.481 e. The van der Waals surface area contributed by atoms with Crippen LogP contribution < -0.4 is 15.6 Å². The fraction of sp³-hybridized carbons (Fsp3) is 0.385. The smallest absolute Gasteiger partial charge is 0.251 e. The van der Waals surface area contributed by atoms with Crippen molar-refractivity contribution >= 4 is 0 Å². The quantitative estimate of drug-likeness (QED) is 0.755. The van der Waals surface area contributed by atoms with Crippen molar-refractivity contribution in [3.05, 3.63) is 34.5 Å². The van der Waals surface area contributed by atoms with E-state index >= 15 is 0 Å². The minimum atomic E-state index is -0.208. The van der Waals surface area contributed by atoms with E-state index in [4.69, 9.17) is 4.74 Å². The molecule has 20 heavy (non-hydrogen) atoms. The highest BCUT2D eigenvalue weighted by molar-refractivity contribution is 5.49. The summed E-state index contributed by atoms with van der Waals surface area (Å²) in [6.07, 6.45) is 2.40. The van der Waals surface area contributed by atoms with Crippen LogP contribution in [0.25, 0.3) is 11.5 Å². The minimum Gasteiger partial charge on any atom is -0.481 e. The molecule has 0 aliphatic rings. The van der Waals surface area contributed by atoms with Gasteiger partial charge in [-0.25, -0.2) is 15.0 Å². The van der Waals surface area contributed by atoms with Gasteiger partial charge in [-0.1, -0.05) is 6.92 Å². The van der Waals surface area contributed by atoms with Gasteiger partial charge < -0.3 is 15.0 Å². The topological polar surface area (TPSA) is 92.8 Å². The summed E-state index contributed by atoms with van der Waals surface area (Å²) in [6.45, 7) is 3.51. The van der Waals surface area contributed by atoms with Crippen molar-refractivity contribution < 1.29 is 4.74 Å². The van der Waals surface area contributed by atoms with Crippen molar-refractivity contribution in [1.29, 1.82) is 0 Å². The van der Waals surface area contributed by atoms with Crippen molar-refractivity contribution in [2.75, 3.05) is 13.7 Å². The predicted molar refractivity (Wildman–Crippen MR) is 74.4 cm³/mol. The normalized spacial score (nSPS) is 10.5. The van der Waals surface area contributed by atoms with E-state index in [1.807, 2.05) is 0 Å². The Labute approximate surface area is 116 Å². The summed E-state index contributed by atoms with van der Waals surface area (Å²) in [5, 5.41) is 3.21. The van der Waals surface area contributed by atoms with Gasteiger partial charge in [0, 0.05) is 18.7 Å². The molecule has 2 rings (SSSR count). The number of aromatic amines is 1. The number of aromatic nitrogens is 4. The van der Waals surface area contributed by atoms with Crippen molar-refractivity contribution in [2.45, 2.75) is 19.9 Å². The molecule has 0 aromatic carbocycles. The van der Waals surface area contributed by atoms with Gasteiger partial charge in [0.25, 0.3) is 5.56 Å². The number of hydrogen-bond donors (Lipinski definition) is 2. The zero-order valence-corrected chi connectivity index (χ0v) is 11.5. The number of nitrogens with one attached hydrogen (secondary N) is 2. The maximum absolute atomic E-state index is 11.7. The number of hydrogen-bond acceptors (Lipinski definition) is 6. The fourth-order valence-electron chi connectivity index (χ4n) is 1.69. The lowest BCUT2D eigenvalue weighted by atomic mass is 10.3. The third-order valence-corrected chi connectivity index (χ3v) is 2.62. The van der Waals surface area contributed by atoms with Crippen molar-refractivity contribution in [3.63, 3.8) is 0 Å². The standard InChI is InChI=1S/C13H17N5O2/c1-3-4-14-7-9-5-11(19)18-13(17-9)10-6-12(20-2)16-8-15-10/h5-6,8,14H,3-4,7H2,1-2H3,(H,17,18,19). The lowest BCUT2D eigenvalue weighted by molar-refractivity contribution is 0.397. The molecule has 0 fully saturated rings. The first-order valence-electron chi connectivity index (χ1n) is 6.40. The SMILES string of the molecule is CCCNCc1cc(=O)[nH]c(-c2cc(OC)ncn2)n1. The fourth-order valence-corrected chi connectivity index (χ4v) is 1.69. The number of methoxy groups -OCH3 is 1. The molecule has 0 aliphatic carbocycles. The van der Waals surface area contributed by atoms with E-state index in [1.54, 1.807) is 6.07 Å². The molecule has 2 N–H and O–H groups in total. The molecule has 0 saturated heterocycles. The lowest BCUT2D eigenvalue weighted by Gasteiger charge is -2.05. The molecule has 0 atom stereocenters. The van der Waals surface area contributed by atoms with Crippen LogP contribution in [0.5, 0.6) is 5.88 Å². The van der Waals surface area contributed by atoms with Gasteiger partial charge in [0.05, 0.1) is 12.8 Å². The van der Waals surface area contributed by atoms with E-state index < -0.39 is 0 Å². The lowest BCUT2D eigenvalue weighted by Crippen LogP contribution is -2.18. The Balaban J connectivity index is 2.28. The molecular weight excluding hydrogens is 258 g/mol. The third-order valence-electron chi connectivity index (χ3n) is 2.62. The van der Waals surface area contributed by atoms with Crippen LogP contribution in [0.2, 0.25) is 0 Å². The summed E-state index contributed by atoms with van der Waals surface area (Å²) in [5.74, 6) is 0.832. The Morgan fingerprint density at radius 2 is 2.20 bits per heavy atom. The molecule has 0 unspecified atom stereocenters. The van der Waals surface area contributed by atoms with E-state index in [-0.39, 0.29) is 5.56 Å². The van der Waals surface area contributed by atoms with E-state index in [0.717, 1.165) is 13.0 Å². The zero-order valence-electron chi connectivity index (χ0n) is 11.5. The second-order valence-corrected chi connectivity index (χ2v) is 4.21. The summed E-state index contributed by atoms with van der Waals surface area (Å²) < 4.78 is 5.03. The molecule has 0 spiro atoms. The summed E-state index contributed by atoms with van der Waals surface area (Å²) in [6, 6.07) is 3.10. The summed E-state index contributed by atoms with van der Waals surface area (Å²) in [7, 11) is 1.52. The Bertz CT molecular complexity index is 626. The summed E-state index contributed by atoms with van der Waals surface area (Å²) in [5.41, 5.74) is 0.988. The van der Waals surface area contributed by atoms with Crippen LogP contribution in [-0.2, 0) is 6.54 Å². The molecular formula is C13H17N5O2. The molecule has 0 bridgehead atoms. The first-order valence-corrected chi connectivity index (χ1v) is 6.40. The van der Waals surface area contributed by atoms with Gasteiger partial charge >= 0.3 is 0 Å². The van der Waals surface area contributed by atoms with Gasteiger partial charge in [-0.15, -0.1) is 0 Å². The van der Waals surface area contributed by atoms with Crippen LogP contribution in [0.15, 0.2) is 23.3 Å². The third kappa shape index (κ3) is 3.61. The second-order valence-electron chi connectivity index (χ2n) is 4.21. The molecule has 0 amide bonds. The zero-order chi connectivity index (χ0) is 14.4. The Morgan fingerprint density at radius 1 is 1.35 bits per heavy atom. The van der Waals surface area contributed by atoms with Gasteiger partial charge in [0.2, 0.25) is 5.88 Å². The van der Waals surface area contributed by atoms with Gasteiger partial charge in [-0.05, 0) is 13.0 Å². The minimum absolute atomic E-state index is 0.208. The van der Waals surface area contributed by atoms with E-state index in [9.17, 15) is 4.79 Å². The highest BCUT2D eigenvalue weighted by Crippen LogP contribution is 2.14. The van der Waals surface area contributed by atoms with Gasteiger partial charge in [0.1, 0.15) is 12.0 Å².